The van der Waals surface area contributed by atoms with E-state index in [1.807, 2.05) is 0 Å². The summed E-state index contributed by atoms with van der Waals surface area (Å²) in [5, 5.41) is 9.07. The van der Waals surface area contributed by atoms with E-state index in [1.54, 1.807) is 19.1 Å². The van der Waals surface area contributed by atoms with Gasteiger partial charge in [-0.1, -0.05) is 17.7 Å². The largest absolute Gasteiger partial charge is 0.490 e. The summed E-state index contributed by atoms with van der Waals surface area (Å²) >= 11 is 12.8. The van der Waals surface area contributed by atoms with E-state index >= 15 is 0 Å². The van der Waals surface area contributed by atoms with Crippen molar-refractivity contribution in [3.8, 4) is 11.5 Å². The molecule has 0 fully saturated rings. The smallest absolute Gasteiger partial charge is 0.328 e. The topological polar surface area (TPSA) is 55.8 Å². The lowest BCUT2D eigenvalue weighted by Crippen LogP contribution is -2.03. The molecule has 0 unspecified atom stereocenters. The van der Waals surface area contributed by atoms with Gasteiger partial charge in [0.2, 0.25) is 0 Å². The van der Waals surface area contributed by atoms with Crippen molar-refractivity contribution in [2.75, 3.05) is 6.61 Å². The van der Waals surface area contributed by atoms with Crippen LogP contribution >= 0.6 is 43.5 Å². The van der Waals surface area contributed by atoms with Gasteiger partial charge in [0.25, 0.3) is 0 Å². The molecular formula is C18H14Br2ClFO4. The third kappa shape index (κ3) is 4.99. The highest BCUT2D eigenvalue weighted by atomic mass is 79.9. The van der Waals surface area contributed by atoms with Gasteiger partial charge in [0.05, 0.1) is 16.1 Å². The summed E-state index contributed by atoms with van der Waals surface area (Å²) in [6.45, 7) is 2.08. The summed E-state index contributed by atoms with van der Waals surface area (Å²) in [5.41, 5.74) is 0.813. The predicted molar refractivity (Wildman–Crippen MR) is 105 cm³/mol. The van der Waals surface area contributed by atoms with Crippen LogP contribution in [0, 0.1) is 5.82 Å². The van der Waals surface area contributed by atoms with E-state index in [0.29, 0.717) is 32.6 Å². The van der Waals surface area contributed by atoms with Crippen molar-refractivity contribution in [2.45, 2.75) is 13.5 Å². The molecule has 0 atom stereocenters. The van der Waals surface area contributed by atoms with Crippen LogP contribution in [0.4, 0.5) is 4.39 Å². The Hall–Kier alpha value is -1.57. The summed E-state index contributed by atoms with van der Waals surface area (Å²) in [6.07, 6.45) is 2.44. The summed E-state index contributed by atoms with van der Waals surface area (Å²) in [7, 11) is 0. The zero-order valence-electron chi connectivity index (χ0n) is 13.6. The monoisotopic (exact) mass is 506 g/mol. The molecule has 0 spiro atoms. The molecule has 0 saturated carbocycles. The SMILES string of the molecule is CCOc1cc(/C=C/C(=O)O)c(Br)c(Br)c1OCc1c(F)cccc1Cl. The fourth-order valence-corrected chi connectivity index (χ4v) is 3.28. The van der Waals surface area contributed by atoms with Crippen molar-refractivity contribution >= 4 is 55.5 Å². The van der Waals surface area contributed by atoms with Crippen LogP contribution < -0.4 is 9.47 Å². The molecule has 8 heteroatoms. The van der Waals surface area contributed by atoms with Crippen molar-refractivity contribution in [1.29, 1.82) is 0 Å². The van der Waals surface area contributed by atoms with E-state index in [4.69, 9.17) is 26.2 Å². The minimum atomic E-state index is -1.07. The quantitative estimate of drug-likeness (QED) is 0.461. The van der Waals surface area contributed by atoms with Crippen LogP contribution in [0.15, 0.2) is 39.3 Å². The Bertz CT molecular complexity index is 835. The lowest BCUT2D eigenvalue weighted by atomic mass is 10.2. The third-order valence-corrected chi connectivity index (χ3v) is 5.78. The molecular weight excluding hydrogens is 494 g/mol. The van der Waals surface area contributed by atoms with Crippen LogP contribution in [0.2, 0.25) is 5.02 Å². The molecule has 138 valence electrons. The summed E-state index contributed by atoms with van der Waals surface area (Å²) in [4.78, 5) is 10.8. The molecule has 26 heavy (non-hydrogen) atoms. The Morgan fingerprint density at radius 1 is 1.31 bits per heavy atom. The van der Waals surface area contributed by atoms with Gasteiger partial charge in [0, 0.05) is 16.1 Å². The van der Waals surface area contributed by atoms with Crippen LogP contribution in [0.5, 0.6) is 11.5 Å². The van der Waals surface area contributed by atoms with Crippen LogP contribution in [0.25, 0.3) is 6.08 Å². The molecule has 2 rings (SSSR count). The molecule has 0 aliphatic heterocycles. The van der Waals surface area contributed by atoms with E-state index in [9.17, 15) is 9.18 Å². The number of carboxylic acids is 1. The molecule has 0 aromatic heterocycles. The lowest BCUT2D eigenvalue weighted by Gasteiger charge is -2.17. The Balaban J connectivity index is 2.41. The van der Waals surface area contributed by atoms with Crippen LogP contribution in [0.1, 0.15) is 18.1 Å². The number of aliphatic carboxylic acids is 1. The highest BCUT2D eigenvalue weighted by Crippen LogP contribution is 2.44. The van der Waals surface area contributed by atoms with Gasteiger partial charge in [-0.2, -0.15) is 0 Å². The number of hydrogen-bond donors (Lipinski definition) is 1. The van der Waals surface area contributed by atoms with Crippen LogP contribution in [0.3, 0.4) is 0 Å². The van der Waals surface area contributed by atoms with E-state index in [1.165, 1.54) is 18.2 Å². The van der Waals surface area contributed by atoms with Gasteiger partial charge in [0.15, 0.2) is 11.5 Å². The van der Waals surface area contributed by atoms with Gasteiger partial charge in [-0.3, -0.25) is 0 Å². The van der Waals surface area contributed by atoms with Crippen molar-refractivity contribution in [3.63, 3.8) is 0 Å². The average molecular weight is 509 g/mol. The highest BCUT2D eigenvalue weighted by Gasteiger charge is 2.18. The molecule has 1 N–H and O–H groups in total. The van der Waals surface area contributed by atoms with Crippen molar-refractivity contribution in [2.24, 2.45) is 0 Å². The summed E-state index contributed by atoms with van der Waals surface area (Å²) in [5.74, 6) is -0.794. The first-order valence-corrected chi connectivity index (χ1v) is 9.43. The minimum absolute atomic E-state index is 0.0963. The Morgan fingerprint density at radius 2 is 2.04 bits per heavy atom. The van der Waals surface area contributed by atoms with Gasteiger partial charge >= 0.3 is 5.97 Å². The second-order valence-corrected chi connectivity index (χ2v) is 7.01. The molecule has 0 aliphatic rings. The summed E-state index contributed by atoms with van der Waals surface area (Å²) in [6, 6.07) is 6.04. The number of benzene rings is 2. The molecule has 4 nitrogen and oxygen atoms in total. The number of halogens is 4. The molecule has 2 aromatic carbocycles. The number of ether oxygens (including phenoxy) is 2. The van der Waals surface area contributed by atoms with Gasteiger partial charge in [-0.25, -0.2) is 9.18 Å². The molecule has 0 amide bonds. The maximum absolute atomic E-state index is 13.9. The minimum Gasteiger partial charge on any atom is -0.490 e. The zero-order valence-corrected chi connectivity index (χ0v) is 17.5. The molecule has 0 bridgehead atoms. The first-order chi connectivity index (χ1) is 12.3. The molecule has 0 aliphatic carbocycles. The van der Waals surface area contributed by atoms with Gasteiger partial charge in [0.1, 0.15) is 12.4 Å². The van der Waals surface area contributed by atoms with Gasteiger partial charge < -0.3 is 14.6 Å². The Morgan fingerprint density at radius 3 is 2.65 bits per heavy atom. The van der Waals surface area contributed by atoms with Crippen LogP contribution in [-0.4, -0.2) is 17.7 Å². The fourth-order valence-electron chi connectivity index (χ4n) is 2.10. The molecule has 0 heterocycles. The summed E-state index contributed by atoms with van der Waals surface area (Å²) < 4.78 is 26.4. The lowest BCUT2D eigenvalue weighted by molar-refractivity contribution is -0.131. The molecule has 0 saturated heterocycles. The predicted octanol–water partition coefficient (Wildman–Crippen LogP) is 6.08. The fraction of sp³-hybridized carbons (Fsp3) is 0.167. The van der Waals surface area contributed by atoms with Crippen molar-refractivity contribution < 1.29 is 23.8 Å². The van der Waals surface area contributed by atoms with Crippen molar-refractivity contribution in [3.05, 3.63) is 61.3 Å². The molecule has 0 radical (unpaired) electrons. The number of carboxylic acid groups (broad SMARTS) is 1. The first kappa shape index (κ1) is 20.7. The normalized spacial score (nSPS) is 11.0. The first-order valence-electron chi connectivity index (χ1n) is 7.46. The van der Waals surface area contributed by atoms with Gasteiger partial charge in [-0.15, -0.1) is 0 Å². The standard InChI is InChI=1S/C18H14Br2ClFO4/c1-2-25-14-8-10(6-7-15(23)24)16(19)17(20)18(14)26-9-11-12(21)4-3-5-13(11)22/h3-8H,2,9H2,1H3,(H,23,24)/b7-6+. The number of carbonyl (C=O) groups is 1. The van der Waals surface area contributed by atoms with Crippen LogP contribution in [-0.2, 0) is 11.4 Å². The Kier molecular flexibility index (Phi) is 7.49. The van der Waals surface area contributed by atoms with E-state index < -0.39 is 11.8 Å². The maximum atomic E-state index is 13.9. The number of rotatable bonds is 7. The zero-order chi connectivity index (χ0) is 19.3. The third-order valence-electron chi connectivity index (χ3n) is 3.28. The molecule has 2 aromatic rings. The second kappa shape index (κ2) is 9.39. The number of hydrogen-bond acceptors (Lipinski definition) is 3. The Labute approximate surface area is 171 Å². The van der Waals surface area contributed by atoms with E-state index in [0.717, 1.165) is 6.08 Å². The average Bonchev–Trinajstić information content (AvgIpc) is 2.58. The van der Waals surface area contributed by atoms with E-state index in [-0.39, 0.29) is 17.2 Å². The highest BCUT2D eigenvalue weighted by molar-refractivity contribution is 9.13. The second-order valence-electron chi connectivity index (χ2n) is 5.01. The van der Waals surface area contributed by atoms with E-state index in [2.05, 4.69) is 31.9 Å². The van der Waals surface area contributed by atoms with Gasteiger partial charge in [-0.05, 0) is 68.6 Å². The van der Waals surface area contributed by atoms with Crippen molar-refractivity contribution in [1.82, 2.24) is 0 Å². The maximum Gasteiger partial charge on any atom is 0.328 e.